The summed E-state index contributed by atoms with van der Waals surface area (Å²) >= 11 is 0. The number of allylic oxidation sites excluding steroid dienone is 1. The van der Waals surface area contributed by atoms with Crippen molar-refractivity contribution in [2.24, 2.45) is 11.3 Å². The van der Waals surface area contributed by atoms with Gasteiger partial charge in [-0.2, -0.15) is 0 Å². The van der Waals surface area contributed by atoms with Crippen LogP contribution in [0.2, 0.25) is 6.32 Å². The quantitative estimate of drug-likeness (QED) is 0.474. The second-order valence-corrected chi connectivity index (χ2v) is 5.12. The topological polar surface area (TPSA) is 12.0 Å². The van der Waals surface area contributed by atoms with Crippen LogP contribution in [0, 0.1) is 11.3 Å². The summed E-state index contributed by atoms with van der Waals surface area (Å²) < 4.78 is 0. The van der Waals surface area contributed by atoms with E-state index in [1.165, 1.54) is 19.3 Å². The van der Waals surface area contributed by atoms with E-state index in [-0.39, 0.29) is 0 Å². The molecule has 0 aromatic heterocycles. The Morgan fingerprint density at radius 1 is 1.47 bits per heavy atom. The average Bonchev–Trinajstić information content (AvgIpc) is 2.17. The molecule has 0 amide bonds. The molecule has 0 aromatic rings. The maximum absolute atomic E-state index is 5.84. The molecule has 0 heterocycles. The van der Waals surface area contributed by atoms with Gasteiger partial charge in [0.15, 0.2) is 0 Å². The molecular weight excluding hydrogens is 181 g/mol. The second-order valence-electron chi connectivity index (χ2n) is 5.12. The van der Waals surface area contributed by atoms with E-state index in [0.29, 0.717) is 11.3 Å². The maximum atomic E-state index is 5.84. The normalized spacial score (nSPS) is 13.6. The standard InChI is InChI=1S/C13H26BN/c1-6-13(4,5)12(10-14)8-7-9-15-11(2)3/h12,15H,2,6-10H2,1,3-5H3. The van der Waals surface area contributed by atoms with E-state index in [9.17, 15) is 0 Å². The van der Waals surface area contributed by atoms with Crippen LogP contribution >= 0.6 is 0 Å². The highest BCUT2D eigenvalue weighted by atomic mass is 14.9. The minimum atomic E-state index is 0.373. The molecule has 0 aliphatic rings. The van der Waals surface area contributed by atoms with Crippen molar-refractivity contribution in [3.8, 4) is 0 Å². The van der Waals surface area contributed by atoms with E-state index >= 15 is 0 Å². The molecule has 0 aromatic carbocycles. The van der Waals surface area contributed by atoms with Gasteiger partial charge in [0.05, 0.1) is 7.85 Å². The second kappa shape index (κ2) is 6.97. The molecule has 1 unspecified atom stereocenters. The van der Waals surface area contributed by atoms with Crippen LogP contribution in [0.4, 0.5) is 0 Å². The van der Waals surface area contributed by atoms with Crippen molar-refractivity contribution in [1.82, 2.24) is 5.32 Å². The van der Waals surface area contributed by atoms with Gasteiger partial charge in [0.2, 0.25) is 0 Å². The monoisotopic (exact) mass is 207 g/mol. The highest BCUT2D eigenvalue weighted by Gasteiger charge is 2.25. The van der Waals surface area contributed by atoms with Crippen molar-refractivity contribution < 1.29 is 0 Å². The lowest BCUT2D eigenvalue weighted by molar-refractivity contribution is 0.206. The average molecular weight is 207 g/mol. The molecule has 1 N–H and O–H groups in total. The Morgan fingerprint density at radius 3 is 2.47 bits per heavy atom. The summed E-state index contributed by atoms with van der Waals surface area (Å²) in [7, 11) is 5.84. The highest BCUT2D eigenvalue weighted by Crippen LogP contribution is 2.35. The van der Waals surface area contributed by atoms with Crippen molar-refractivity contribution >= 4 is 7.85 Å². The minimum absolute atomic E-state index is 0.373. The summed E-state index contributed by atoms with van der Waals surface area (Å²) in [5.74, 6) is 0.634. The Hall–Kier alpha value is -0.395. The van der Waals surface area contributed by atoms with Crippen molar-refractivity contribution in [2.45, 2.75) is 53.3 Å². The third kappa shape index (κ3) is 5.91. The van der Waals surface area contributed by atoms with Crippen LogP contribution in [0.3, 0.4) is 0 Å². The first-order valence-electron chi connectivity index (χ1n) is 6.03. The summed E-state index contributed by atoms with van der Waals surface area (Å²) in [5, 5.41) is 3.26. The van der Waals surface area contributed by atoms with Crippen LogP contribution in [0.5, 0.6) is 0 Å². The SMILES string of the molecule is [B]CC(CCCNC(=C)C)C(C)(C)CC. The molecule has 86 valence electrons. The number of rotatable bonds is 8. The van der Waals surface area contributed by atoms with Gasteiger partial charge in [-0.05, 0) is 31.1 Å². The van der Waals surface area contributed by atoms with E-state index < -0.39 is 0 Å². The number of hydrogen-bond donors (Lipinski definition) is 1. The summed E-state index contributed by atoms with van der Waals surface area (Å²) in [4.78, 5) is 0. The molecule has 0 saturated heterocycles. The van der Waals surface area contributed by atoms with E-state index in [1.807, 2.05) is 6.92 Å². The van der Waals surface area contributed by atoms with Crippen molar-refractivity contribution in [3.05, 3.63) is 12.3 Å². The molecule has 2 radical (unpaired) electrons. The van der Waals surface area contributed by atoms with Crippen molar-refractivity contribution in [3.63, 3.8) is 0 Å². The zero-order chi connectivity index (χ0) is 11.9. The largest absolute Gasteiger partial charge is 0.389 e. The lowest BCUT2D eigenvalue weighted by Crippen LogP contribution is -2.24. The smallest absolute Gasteiger partial charge is 0.0657 e. The van der Waals surface area contributed by atoms with Crippen LogP contribution in [-0.4, -0.2) is 14.4 Å². The molecule has 0 spiro atoms. The Kier molecular flexibility index (Phi) is 6.79. The molecule has 1 nitrogen and oxygen atoms in total. The lowest BCUT2D eigenvalue weighted by atomic mass is 9.69. The lowest BCUT2D eigenvalue weighted by Gasteiger charge is -2.33. The summed E-state index contributed by atoms with van der Waals surface area (Å²) in [6, 6.07) is 0. The molecule has 0 saturated carbocycles. The van der Waals surface area contributed by atoms with Gasteiger partial charge in [-0.25, -0.2) is 0 Å². The van der Waals surface area contributed by atoms with Crippen molar-refractivity contribution in [2.75, 3.05) is 6.54 Å². The Balaban J connectivity index is 3.85. The van der Waals surface area contributed by atoms with E-state index in [1.54, 1.807) is 0 Å². The fourth-order valence-corrected chi connectivity index (χ4v) is 1.77. The van der Waals surface area contributed by atoms with Gasteiger partial charge < -0.3 is 5.32 Å². The third-order valence-electron chi connectivity index (χ3n) is 3.46. The van der Waals surface area contributed by atoms with Gasteiger partial charge in [0, 0.05) is 12.2 Å². The first-order valence-corrected chi connectivity index (χ1v) is 6.03. The Labute approximate surface area is 97.1 Å². The van der Waals surface area contributed by atoms with Crippen molar-refractivity contribution in [1.29, 1.82) is 0 Å². The first kappa shape index (κ1) is 14.6. The number of nitrogens with one attached hydrogen (secondary N) is 1. The number of hydrogen-bond acceptors (Lipinski definition) is 1. The Morgan fingerprint density at radius 2 is 2.07 bits per heavy atom. The van der Waals surface area contributed by atoms with E-state index in [2.05, 4.69) is 32.7 Å². The summed E-state index contributed by atoms with van der Waals surface area (Å²) in [5.41, 5.74) is 1.42. The summed E-state index contributed by atoms with van der Waals surface area (Å²) in [6.45, 7) is 13.7. The van der Waals surface area contributed by atoms with Gasteiger partial charge in [-0.1, -0.05) is 40.1 Å². The minimum Gasteiger partial charge on any atom is -0.389 e. The molecule has 0 aliphatic heterocycles. The third-order valence-corrected chi connectivity index (χ3v) is 3.46. The Bertz CT molecular complexity index is 187. The molecule has 0 aliphatic carbocycles. The molecule has 1 atom stereocenters. The van der Waals surface area contributed by atoms with Gasteiger partial charge >= 0.3 is 0 Å². The van der Waals surface area contributed by atoms with Gasteiger partial charge in [0.25, 0.3) is 0 Å². The maximum Gasteiger partial charge on any atom is 0.0657 e. The van der Waals surface area contributed by atoms with Gasteiger partial charge in [0.1, 0.15) is 0 Å². The van der Waals surface area contributed by atoms with Crippen LogP contribution in [-0.2, 0) is 0 Å². The fraction of sp³-hybridized carbons (Fsp3) is 0.846. The first-order chi connectivity index (χ1) is 6.94. The molecule has 15 heavy (non-hydrogen) atoms. The molecule has 0 bridgehead atoms. The van der Waals surface area contributed by atoms with Gasteiger partial charge in [-0.15, -0.1) is 0 Å². The highest BCUT2D eigenvalue weighted by molar-refractivity contribution is 6.08. The molecule has 2 heteroatoms. The zero-order valence-corrected chi connectivity index (χ0v) is 10.9. The summed E-state index contributed by atoms with van der Waals surface area (Å²) in [6.07, 6.45) is 4.38. The molecule has 0 rings (SSSR count). The van der Waals surface area contributed by atoms with Crippen LogP contribution in [0.1, 0.15) is 47.0 Å². The molecule has 0 fully saturated rings. The van der Waals surface area contributed by atoms with Crippen LogP contribution in [0.25, 0.3) is 0 Å². The fourth-order valence-electron chi connectivity index (χ4n) is 1.77. The predicted molar refractivity (Wildman–Crippen MR) is 70.2 cm³/mol. The van der Waals surface area contributed by atoms with Gasteiger partial charge in [-0.3, -0.25) is 0 Å². The van der Waals surface area contributed by atoms with Crippen LogP contribution < -0.4 is 5.32 Å². The van der Waals surface area contributed by atoms with E-state index in [0.717, 1.165) is 18.6 Å². The predicted octanol–water partition coefficient (Wildman–Crippen LogP) is 3.53. The molecular formula is C13H26BN. The zero-order valence-electron chi connectivity index (χ0n) is 10.9. The van der Waals surface area contributed by atoms with Crippen LogP contribution in [0.15, 0.2) is 12.3 Å². The van der Waals surface area contributed by atoms with E-state index in [4.69, 9.17) is 7.85 Å².